The molecule has 0 fully saturated rings. The molecule has 2 heterocycles. The van der Waals surface area contributed by atoms with E-state index in [9.17, 15) is 8.42 Å². The number of hydrogen-bond acceptors (Lipinski definition) is 6. The van der Waals surface area contributed by atoms with E-state index in [0.29, 0.717) is 11.6 Å². The minimum Gasteiger partial charge on any atom is -0.487 e. The van der Waals surface area contributed by atoms with Crippen LogP contribution in [-0.4, -0.2) is 34.7 Å². The summed E-state index contributed by atoms with van der Waals surface area (Å²) >= 11 is 0. The van der Waals surface area contributed by atoms with Crippen molar-refractivity contribution >= 4 is 9.84 Å². The fraction of sp³-hybridized carbons (Fsp3) is 0.133. The number of pyridine rings is 1. The van der Waals surface area contributed by atoms with Crippen LogP contribution in [0.4, 0.5) is 0 Å². The second kappa shape index (κ2) is 6.17. The Balaban J connectivity index is 1.69. The summed E-state index contributed by atoms with van der Waals surface area (Å²) in [5.41, 5.74) is 0.772. The highest BCUT2D eigenvalue weighted by Gasteiger charge is 2.07. The van der Waals surface area contributed by atoms with E-state index in [1.807, 2.05) is 6.07 Å². The standard InChI is InChI=1S/C15H14N4O3S/c1-23(20,21)14-4-2-3-12(9-14)11-22-13-5-6-15(16-10-13)19-8-7-17-18-19/h2-10H,11H2,1H3. The third-order valence-corrected chi connectivity index (χ3v) is 4.22. The lowest BCUT2D eigenvalue weighted by atomic mass is 10.2. The Labute approximate surface area is 133 Å². The van der Waals surface area contributed by atoms with Crippen LogP contribution in [0.3, 0.4) is 0 Å². The number of rotatable bonds is 5. The van der Waals surface area contributed by atoms with E-state index >= 15 is 0 Å². The lowest BCUT2D eigenvalue weighted by molar-refractivity contribution is 0.304. The molecule has 3 rings (SSSR count). The van der Waals surface area contributed by atoms with Crippen molar-refractivity contribution in [1.82, 2.24) is 20.0 Å². The van der Waals surface area contributed by atoms with Crippen molar-refractivity contribution in [2.75, 3.05) is 6.26 Å². The van der Waals surface area contributed by atoms with Gasteiger partial charge in [0, 0.05) is 6.26 Å². The second-order valence-electron chi connectivity index (χ2n) is 4.91. The Hall–Kier alpha value is -2.74. The number of nitrogens with zero attached hydrogens (tertiary/aromatic N) is 4. The fourth-order valence-electron chi connectivity index (χ4n) is 1.96. The molecular formula is C15H14N4O3S. The zero-order valence-corrected chi connectivity index (χ0v) is 13.1. The zero-order chi connectivity index (χ0) is 16.3. The van der Waals surface area contributed by atoms with Crippen LogP contribution in [0.2, 0.25) is 0 Å². The summed E-state index contributed by atoms with van der Waals surface area (Å²) < 4.78 is 30.3. The summed E-state index contributed by atoms with van der Waals surface area (Å²) in [4.78, 5) is 4.51. The minimum absolute atomic E-state index is 0.258. The molecule has 0 bridgehead atoms. The molecule has 0 aliphatic heterocycles. The van der Waals surface area contributed by atoms with Gasteiger partial charge in [0.15, 0.2) is 15.7 Å². The van der Waals surface area contributed by atoms with Crippen molar-refractivity contribution < 1.29 is 13.2 Å². The molecule has 0 N–H and O–H groups in total. The summed E-state index contributed by atoms with van der Waals surface area (Å²) in [6, 6.07) is 10.2. The summed E-state index contributed by atoms with van der Waals surface area (Å²) in [5.74, 6) is 1.22. The lowest BCUT2D eigenvalue weighted by Gasteiger charge is -2.08. The van der Waals surface area contributed by atoms with Crippen molar-refractivity contribution in [2.45, 2.75) is 11.5 Å². The van der Waals surface area contributed by atoms with Crippen molar-refractivity contribution in [3.05, 3.63) is 60.6 Å². The quantitative estimate of drug-likeness (QED) is 0.707. The van der Waals surface area contributed by atoms with Crippen LogP contribution in [0, 0.1) is 0 Å². The van der Waals surface area contributed by atoms with E-state index in [1.165, 1.54) is 6.26 Å². The van der Waals surface area contributed by atoms with Gasteiger partial charge in [-0.15, -0.1) is 5.10 Å². The molecule has 0 aliphatic rings. The first-order valence-corrected chi connectivity index (χ1v) is 8.66. The number of ether oxygens (including phenoxy) is 1. The highest BCUT2D eigenvalue weighted by atomic mass is 32.2. The average molecular weight is 330 g/mol. The van der Waals surface area contributed by atoms with Gasteiger partial charge in [-0.3, -0.25) is 0 Å². The first kappa shape index (κ1) is 15.2. The molecule has 7 nitrogen and oxygen atoms in total. The molecule has 0 atom stereocenters. The van der Waals surface area contributed by atoms with Crippen molar-refractivity contribution in [3.63, 3.8) is 0 Å². The molecule has 0 amide bonds. The summed E-state index contributed by atoms with van der Waals surface area (Å²) in [6.45, 7) is 0.258. The molecule has 0 unspecified atom stereocenters. The molecule has 1 aromatic carbocycles. The van der Waals surface area contributed by atoms with Gasteiger partial charge in [-0.1, -0.05) is 17.3 Å². The number of benzene rings is 1. The van der Waals surface area contributed by atoms with Crippen LogP contribution in [0.25, 0.3) is 5.82 Å². The van der Waals surface area contributed by atoms with Gasteiger partial charge in [0.2, 0.25) is 0 Å². The third kappa shape index (κ3) is 3.72. The van der Waals surface area contributed by atoms with Gasteiger partial charge in [0.25, 0.3) is 0 Å². The van der Waals surface area contributed by atoms with Gasteiger partial charge in [0.1, 0.15) is 12.4 Å². The van der Waals surface area contributed by atoms with E-state index in [2.05, 4.69) is 15.3 Å². The molecule has 0 aliphatic carbocycles. The zero-order valence-electron chi connectivity index (χ0n) is 12.3. The van der Waals surface area contributed by atoms with Gasteiger partial charge < -0.3 is 4.74 Å². The molecule has 0 radical (unpaired) electrons. The maximum atomic E-state index is 11.5. The third-order valence-electron chi connectivity index (χ3n) is 3.11. The molecule has 3 aromatic rings. The van der Waals surface area contributed by atoms with Gasteiger partial charge in [-0.2, -0.15) is 0 Å². The molecule has 118 valence electrons. The van der Waals surface area contributed by atoms with Crippen LogP contribution in [0.1, 0.15) is 5.56 Å². The molecule has 0 saturated carbocycles. The highest BCUT2D eigenvalue weighted by molar-refractivity contribution is 7.90. The molecular weight excluding hydrogens is 316 g/mol. The Morgan fingerprint density at radius 2 is 2.09 bits per heavy atom. The maximum absolute atomic E-state index is 11.5. The monoisotopic (exact) mass is 330 g/mol. The maximum Gasteiger partial charge on any atom is 0.175 e. The largest absolute Gasteiger partial charge is 0.487 e. The molecule has 8 heteroatoms. The van der Waals surface area contributed by atoms with Crippen LogP contribution >= 0.6 is 0 Å². The summed E-state index contributed by atoms with van der Waals surface area (Å²) in [5, 5.41) is 7.57. The number of sulfone groups is 1. The van der Waals surface area contributed by atoms with E-state index < -0.39 is 9.84 Å². The normalized spacial score (nSPS) is 11.3. The SMILES string of the molecule is CS(=O)(=O)c1cccc(COc2ccc(-n3ccnn3)nc2)c1. The first-order valence-electron chi connectivity index (χ1n) is 6.77. The Morgan fingerprint density at radius 3 is 2.74 bits per heavy atom. The van der Waals surface area contributed by atoms with Crippen molar-refractivity contribution in [2.24, 2.45) is 0 Å². The summed E-state index contributed by atoms with van der Waals surface area (Å²) in [6.07, 6.45) is 6.03. The van der Waals surface area contributed by atoms with E-state index in [1.54, 1.807) is 53.6 Å². The Kier molecular flexibility index (Phi) is 4.07. The first-order chi connectivity index (χ1) is 11.0. The van der Waals surface area contributed by atoms with Gasteiger partial charge >= 0.3 is 0 Å². The predicted octanol–water partition coefficient (Wildman–Crippen LogP) is 1.64. The number of hydrogen-bond donors (Lipinski definition) is 0. The predicted molar refractivity (Wildman–Crippen MR) is 83.0 cm³/mol. The summed E-state index contributed by atoms with van der Waals surface area (Å²) in [7, 11) is -3.22. The molecule has 0 spiro atoms. The fourth-order valence-corrected chi connectivity index (χ4v) is 2.65. The lowest BCUT2D eigenvalue weighted by Crippen LogP contribution is -2.02. The molecule has 23 heavy (non-hydrogen) atoms. The number of aromatic nitrogens is 4. The molecule has 2 aromatic heterocycles. The Morgan fingerprint density at radius 1 is 1.22 bits per heavy atom. The van der Waals surface area contributed by atoms with Crippen LogP contribution in [0.15, 0.2) is 59.9 Å². The van der Waals surface area contributed by atoms with Gasteiger partial charge in [0.05, 0.1) is 23.5 Å². The average Bonchev–Trinajstić information content (AvgIpc) is 3.07. The van der Waals surface area contributed by atoms with Crippen LogP contribution < -0.4 is 4.74 Å². The van der Waals surface area contributed by atoms with Crippen LogP contribution in [-0.2, 0) is 16.4 Å². The van der Waals surface area contributed by atoms with E-state index in [0.717, 1.165) is 5.56 Å². The van der Waals surface area contributed by atoms with Crippen molar-refractivity contribution in [1.29, 1.82) is 0 Å². The second-order valence-corrected chi connectivity index (χ2v) is 6.92. The highest BCUT2D eigenvalue weighted by Crippen LogP contribution is 2.16. The molecule has 0 saturated heterocycles. The van der Waals surface area contributed by atoms with Crippen molar-refractivity contribution in [3.8, 4) is 11.6 Å². The minimum atomic E-state index is -3.22. The smallest absolute Gasteiger partial charge is 0.175 e. The van der Waals surface area contributed by atoms with Crippen LogP contribution in [0.5, 0.6) is 5.75 Å². The van der Waals surface area contributed by atoms with E-state index in [4.69, 9.17) is 4.74 Å². The Bertz CT molecular complexity index is 891. The topological polar surface area (TPSA) is 87.0 Å². The van der Waals surface area contributed by atoms with Gasteiger partial charge in [-0.25, -0.2) is 18.1 Å². The van der Waals surface area contributed by atoms with Gasteiger partial charge in [-0.05, 0) is 29.8 Å². The van der Waals surface area contributed by atoms with E-state index in [-0.39, 0.29) is 11.5 Å².